The average Bonchev–Trinajstić information content (AvgIpc) is 3.08. The molecule has 1 aliphatic rings. The Hall–Kier alpha value is -2.90. The van der Waals surface area contributed by atoms with Gasteiger partial charge in [0.1, 0.15) is 0 Å². The van der Waals surface area contributed by atoms with Gasteiger partial charge in [0.25, 0.3) is 0 Å². The first-order valence-electron chi connectivity index (χ1n) is 10.0. The Bertz CT molecular complexity index is 977. The van der Waals surface area contributed by atoms with E-state index in [9.17, 15) is 9.59 Å². The van der Waals surface area contributed by atoms with Crippen LogP contribution in [-0.2, 0) is 6.42 Å². The highest BCUT2D eigenvalue weighted by atomic mass is 16.2. The Labute approximate surface area is 170 Å². The standard InChI is InChI=1S/C22H29N5O2/c1-3-5-6-17(4-2)16-24-21(28)27-20-15-18(7-8-19(20)25-22(27)29)9-12-26-13-10-23-11-14-26/h3-8,15,23H,1,9-14,16H2,2H3,(H,24,28)(H,25,29)/b6-5-,17-4+. The zero-order valence-electron chi connectivity index (χ0n) is 16.9. The van der Waals surface area contributed by atoms with Gasteiger partial charge in [-0.2, -0.15) is 0 Å². The van der Waals surface area contributed by atoms with E-state index in [0.29, 0.717) is 17.6 Å². The Balaban J connectivity index is 1.73. The molecule has 0 atom stereocenters. The number of allylic oxidation sites excluding steroid dienone is 3. The Kier molecular flexibility index (Phi) is 7.21. The number of carbonyl (C=O) groups excluding carboxylic acids is 1. The number of hydrogen-bond donors (Lipinski definition) is 3. The zero-order chi connectivity index (χ0) is 20.6. The second kappa shape index (κ2) is 10.0. The molecule has 3 N–H and O–H groups in total. The number of aromatic amines is 1. The van der Waals surface area contributed by atoms with Crippen LogP contribution >= 0.6 is 0 Å². The van der Waals surface area contributed by atoms with Gasteiger partial charge in [0.2, 0.25) is 0 Å². The highest BCUT2D eigenvalue weighted by Gasteiger charge is 2.15. The number of nitrogens with one attached hydrogen (secondary N) is 3. The minimum Gasteiger partial charge on any atom is -0.333 e. The summed E-state index contributed by atoms with van der Waals surface area (Å²) in [5, 5.41) is 6.17. The van der Waals surface area contributed by atoms with Crippen LogP contribution in [0.5, 0.6) is 0 Å². The van der Waals surface area contributed by atoms with E-state index < -0.39 is 11.7 Å². The normalized spacial score (nSPS) is 15.8. The summed E-state index contributed by atoms with van der Waals surface area (Å²) in [6, 6.07) is 5.38. The number of H-pyrrole nitrogens is 1. The smallest absolute Gasteiger partial charge is 0.333 e. The van der Waals surface area contributed by atoms with Crippen molar-refractivity contribution >= 4 is 17.1 Å². The molecule has 7 nitrogen and oxygen atoms in total. The van der Waals surface area contributed by atoms with Crippen LogP contribution in [0.1, 0.15) is 12.5 Å². The second-order valence-corrected chi connectivity index (χ2v) is 7.08. The van der Waals surface area contributed by atoms with E-state index in [-0.39, 0.29) is 0 Å². The van der Waals surface area contributed by atoms with Crippen LogP contribution in [0, 0.1) is 0 Å². The molecule has 7 heteroatoms. The summed E-state index contributed by atoms with van der Waals surface area (Å²) < 4.78 is 1.17. The lowest BCUT2D eigenvalue weighted by Crippen LogP contribution is -2.44. The van der Waals surface area contributed by atoms with Crippen LogP contribution in [-0.4, -0.2) is 59.8 Å². The predicted molar refractivity (Wildman–Crippen MR) is 117 cm³/mol. The van der Waals surface area contributed by atoms with Crippen LogP contribution in [0.25, 0.3) is 11.0 Å². The lowest BCUT2D eigenvalue weighted by Gasteiger charge is -2.27. The number of piperazine rings is 1. The minimum atomic E-state index is -0.438. The van der Waals surface area contributed by atoms with Crippen LogP contribution in [0.2, 0.25) is 0 Å². The maximum absolute atomic E-state index is 12.7. The molecule has 0 unspecified atom stereocenters. The van der Waals surface area contributed by atoms with Gasteiger partial charge in [-0.3, -0.25) is 0 Å². The van der Waals surface area contributed by atoms with Gasteiger partial charge in [-0.15, -0.1) is 0 Å². The third-order valence-corrected chi connectivity index (χ3v) is 5.14. The summed E-state index contributed by atoms with van der Waals surface area (Å²) in [6.45, 7) is 11.0. The molecule has 3 rings (SSSR count). The van der Waals surface area contributed by atoms with E-state index in [2.05, 4.69) is 27.1 Å². The highest BCUT2D eigenvalue weighted by molar-refractivity contribution is 5.89. The SMILES string of the molecule is C=C/C=C\C(=C/C)CNC(=O)n1c(=O)[nH]c2ccc(CCN3CCNCC3)cc21. The molecule has 0 spiro atoms. The third-order valence-electron chi connectivity index (χ3n) is 5.14. The van der Waals surface area contributed by atoms with Crippen LogP contribution in [0.3, 0.4) is 0 Å². The molecule has 1 saturated heterocycles. The zero-order valence-corrected chi connectivity index (χ0v) is 16.9. The lowest BCUT2D eigenvalue weighted by atomic mass is 10.1. The van der Waals surface area contributed by atoms with Crippen LogP contribution in [0.15, 0.2) is 59.4 Å². The molecule has 0 aliphatic carbocycles. The van der Waals surface area contributed by atoms with Gasteiger partial charge in [-0.1, -0.05) is 36.9 Å². The molecule has 154 valence electrons. The van der Waals surface area contributed by atoms with Crippen molar-refractivity contribution < 1.29 is 4.79 Å². The predicted octanol–water partition coefficient (Wildman–Crippen LogP) is 2.02. The number of carbonyl (C=O) groups is 1. The monoisotopic (exact) mass is 395 g/mol. The fourth-order valence-electron chi connectivity index (χ4n) is 3.43. The molecule has 0 bridgehead atoms. The van der Waals surface area contributed by atoms with Crippen LogP contribution in [0.4, 0.5) is 4.79 Å². The second-order valence-electron chi connectivity index (χ2n) is 7.08. The molecule has 0 saturated carbocycles. The summed E-state index contributed by atoms with van der Waals surface area (Å²) in [4.78, 5) is 30.3. The first kappa shape index (κ1) is 20.8. The summed E-state index contributed by atoms with van der Waals surface area (Å²) in [5.41, 5.74) is 2.88. The number of aromatic nitrogens is 2. The summed E-state index contributed by atoms with van der Waals surface area (Å²) >= 11 is 0. The molecule has 1 amide bonds. The topological polar surface area (TPSA) is 82.2 Å². The van der Waals surface area contributed by atoms with Gasteiger partial charge in [0.15, 0.2) is 0 Å². The molecule has 2 heterocycles. The molecular weight excluding hydrogens is 366 g/mol. The maximum Gasteiger partial charge on any atom is 0.334 e. The summed E-state index contributed by atoms with van der Waals surface area (Å²) in [6.07, 6.45) is 8.15. The van der Waals surface area contributed by atoms with Crippen molar-refractivity contribution in [2.45, 2.75) is 13.3 Å². The number of nitrogens with zero attached hydrogens (tertiary/aromatic N) is 2. The summed E-state index contributed by atoms with van der Waals surface area (Å²) in [7, 11) is 0. The van der Waals surface area contributed by atoms with Crippen molar-refractivity contribution in [3.8, 4) is 0 Å². The molecule has 29 heavy (non-hydrogen) atoms. The van der Waals surface area contributed by atoms with E-state index in [1.165, 1.54) is 4.57 Å². The molecule has 0 radical (unpaired) electrons. The molecule has 1 aromatic heterocycles. The van der Waals surface area contributed by atoms with Gasteiger partial charge in [0.05, 0.1) is 11.0 Å². The van der Waals surface area contributed by atoms with Crippen molar-refractivity contribution in [3.05, 3.63) is 70.7 Å². The van der Waals surface area contributed by atoms with E-state index in [1.54, 1.807) is 6.08 Å². The Morgan fingerprint density at radius 3 is 2.83 bits per heavy atom. The van der Waals surface area contributed by atoms with Crippen molar-refractivity contribution in [1.29, 1.82) is 0 Å². The number of benzene rings is 1. The Morgan fingerprint density at radius 2 is 2.10 bits per heavy atom. The number of imidazole rings is 1. The number of amides is 1. The summed E-state index contributed by atoms with van der Waals surface area (Å²) in [5.74, 6) is 0. The van der Waals surface area contributed by atoms with E-state index in [4.69, 9.17) is 0 Å². The first-order chi connectivity index (χ1) is 14.1. The largest absolute Gasteiger partial charge is 0.334 e. The average molecular weight is 396 g/mol. The van der Waals surface area contributed by atoms with Crippen molar-refractivity contribution in [2.75, 3.05) is 39.3 Å². The van der Waals surface area contributed by atoms with Gasteiger partial charge < -0.3 is 20.5 Å². The molecule has 1 fully saturated rings. The minimum absolute atomic E-state index is 0.335. The van der Waals surface area contributed by atoms with E-state index in [1.807, 2.05) is 43.4 Å². The highest BCUT2D eigenvalue weighted by Crippen LogP contribution is 2.14. The fourth-order valence-corrected chi connectivity index (χ4v) is 3.43. The quantitative estimate of drug-likeness (QED) is 0.627. The molecule has 1 aliphatic heterocycles. The maximum atomic E-state index is 12.7. The van der Waals surface area contributed by atoms with Crippen molar-refractivity contribution in [1.82, 2.24) is 25.1 Å². The number of rotatable bonds is 7. The van der Waals surface area contributed by atoms with Gasteiger partial charge in [0, 0.05) is 39.3 Å². The number of hydrogen-bond acceptors (Lipinski definition) is 4. The van der Waals surface area contributed by atoms with Gasteiger partial charge >= 0.3 is 11.7 Å². The molecular formula is C22H29N5O2. The first-order valence-corrected chi connectivity index (χ1v) is 10.0. The third kappa shape index (κ3) is 5.34. The van der Waals surface area contributed by atoms with E-state index in [0.717, 1.165) is 50.3 Å². The van der Waals surface area contributed by atoms with E-state index >= 15 is 0 Å². The fraction of sp³-hybridized carbons (Fsp3) is 0.364. The van der Waals surface area contributed by atoms with Gasteiger partial charge in [-0.25, -0.2) is 14.2 Å². The Morgan fingerprint density at radius 1 is 1.31 bits per heavy atom. The molecule has 1 aromatic carbocycles. The number of fused-ring (bicyclic) bond motifs is 1. The van der Waals surface area contributed by atoms with Gasteiger partial charge in [-0.05, 0) is 36.6 Å². The van der Waals surface area contributed by atoms with Crippen LogP contribution < -0.4 is 16.3 Å². The molecule has 2 aromatic rings. The lowest BCUT2D eigenvalue weighted by molar-refractivity contribution is 0.243. The van der Waals surface area contributed by atoms with Crippen molar-refractivity contribution in [3.63, 3.8) is 0 Å². The van der Waals surface area contributed by atoms with Crippen molar-refractivity contribution in [2.24, 2.45) is 0 Å².